The zero-order valence-corrected chi connectivity index (χ0v) is 15.2. The van der Waals surface area contributed by atoms with Gasteiger partial charge in [-0.05, 0) is 42.0 Å². The molecule has 0 fully saturated rings. The van der Waals surface area contributed by atoms with Gasteiger partial charge >= 0.3 is 17.8 Å². The van der Waals surface area contributed by atoms with Crippen molar-refractivity contribution in [2.75, 3.05) is 5.32 Å². The fourth-order valence-electron chi connectivity index (χ4n) is 2.52. The number of hydrogen-bond donors (Lipinski definition) is 3. The van der Waals surface area contributed by atoms with E-state index in [1.807, 2.05) is 24.3 Å². The molecule has 7 nitrogen and oxygen atoms in total. The topological polar surface area (TPSA) is 109 Å². The molecule has 2 aromatic carbocycles. The van der Waals surface area contributed by atoms with Gasteiger partial charge < -0.3 is 20.2 Å². The van der Waals surface area contributed by atoms with E-state index in [1.165, 1.54) is 18.2 Å². The van der Waals surface area contributed by atoms with Crippen molar-refractivity contribution >= 4 is 35.1 Å². The Morgan fingerprint density at radius 2 is 1.82 bits per heavy atom. The van der Waals surface area contributed by atoms with Gasteiger partial charge in [-0.25, -0.2) is 4.79 Å². The molecule has 3 rings (SSSR count). The van der Waals surface area contributed by atoms with Gasteiger partial charge in [0.25, 0.3) is 0 Å². The smallest absolute Gasteiger partial charge is 0.337 e. The maximum atomic E-state index is 12.1. The Morgan fingerprint density at radius 1 is 1.00 bits per heavy atom. The number of anilines is 1. The average Bonchev–Trinajstić information content (AvgIpc) is 3.22. The van der Waals surface area contributed by atoms with E-state index in [0.717, 1.165) is 11.1 Å². The van der Waals surface area contributed by atoms with Crippen LogP contribution >= 0.6 is 11.6 Å². The number of carboxylic acids is 1. The summed E-state index contributed by atoms with van der Waals surface area (Å²) in [6.45, 7) is 0.118. The molecule has 3 aromatic rings. The van der Waals surface area contributed by atoms with Crippen LogP contribution in [-0.4, -0.2) is 22.9 Å². The van der Waals surface area contributed by atoms with Crippen molar-refractivity contribution in [3.8, 4) is 11.3 Å². The summed E-state index contributed by atoms with van der Waals surface area (Å²) in [4.78, 5) is 35.4. The van der Waals surface area contributed by atoms with Gasteiger partial charge in [-0.15, -0.1) is 0 Å². The highest BCUT2D eigenvalue weighted by Crippen LogP contribution is 2.22. The molecule has 0 aliphatic rings. The van der Waals surface area contributed by atoms with Crippen LogP contribution in [0, 0.1) is 0 Å². The van der Waals surface area contributed by atoms with Crippen molar-refractivity contribution < 1.29 is 23.9 Å². The standard InChI is InChI=1S/C20H15ClN2O5/c21-14-6-7-16(15(10-14)20(26)27)23-19(25)18(24)22-11-12-3-1-4-13(9-12)17-5-2-8-28-17/h1-10H,11H2,(H,22,24)(H,23,25)(H,26,27). The molecule has 1 aromatic heterocycles. The first-order chi connectivity index (χ1) is 13.4. The molecule has 142 valence electrons. The van der Waals surface area contributed by atoms with Crippen LogP contribution in [0.25, 0.3) is 11.3 Å². The molecule has 28 heavy (non-hydrogen) atoms. The molecule has 0 aliphatic carbocycles. The summed E-state index contributed by atoms with van der Waals surface area (Å²) < 4.78 is 5.33. The Hall–Kier alpha value is -3.58. The highest BCUT2D eigenvalue weighted by molar-refractivity contribution is 6.40. The molecule has 0 spiro atoms. The Morgan fingerprint density at radius 3 is 2.54 bits per heavy atom. The lowest BCUT2D eigenvalue weighted by molar-refractivity contribution is -0.136. The van der Waals surface area contributed by atoms with Crippen LogP contribution in [0.5, 0.6) is 0 Å². The van der Waals surface area contributed by atoms with Crippen molar-refractivity contribution in [2.45, 2.75) is 6.54 Å². The lowest BCUT2D eigenvalue weighted by Gasteiger charge is -2.10. The first-order valence-corrected chi connectivity index (χ1v) is 8.56. The van der Waals surface area contributed by atoms with E-state index in [9.17, 15) is 19.5 Å². The minimum Gasteiger partial charge on any atom is -0.478 e. The highest BCUT2D eigenvalue weighted by atomic mass is 35.5. The Kier molecular flexibility index (Phi) is 5.76. The van der Waals surface area contributed by atoms with Gasteiger partial charge in [0.15, 0.2) is 0 Å². The van der Waals surface area contributed by atoms with Crippen LogP contribution < -0.4 is 10.6 Å². The Bertz CT molecular complexity index is 1030. The number of carboxylic acid groups (broad SMARTS) is 1. The molecule has 2 amide bonds. The van der Waals surface area contributed by atoms with E-state index in [-0.39, 0.29) is 22.8 Å². The number of furan rings is 1. The molecule has 0 saturated heterocycles. The number of rotatable bonds is 5. The van der Waals surface area contributed by atoms with Crippen molar-refractivity contribution in [3.63, 3.8) is 0 Å². The summed E-state index contributed by atoms with van der Waals surface area (Å²) in [5.41, 5.74) is 1.39. The normalized spacial score (nSPS) is 10.3. The largest absolute Gasteiger partial charge is 0.478 e. The van der Waals surface area contributed by atoms with E-state index >= 15 is 0 Å². The predicted octanol–water partition coefficient (Wildman–Crippen LogP) is 3.55. The quantitative estimate of drug-likeness (QED) is 0.569. The van der Waals surface area contributed by atoms with Gasteiger partial charge in [0.1, 0.15) is 5.76 Å². The molecule has 0 radical (unpaired) electrons. The molecule has 8 heteroatoms. The number of amides is 2. The third-order valence-electron chi connectivity index (χ3n) is 3.85. The summed E-state index contributed by atoms with van der Waals surface area (Å²) in [6, 6.07) is 14.8. The molecule has 0 saturated carbocycles. The second-order valence-electron chi connectivity index (χ2n) is 5.81. The van der Waals surface area contributed by atoms with Gasteiger partial charge in [-0.1, -0.05) is 29.8 Å². The summed E-state index contributed by atoms with van der Waals surface area (Å²) in [5.74, 6) is -2.45. The predicted molar refractivity (Wildman–Crippen MR) is 103 cm³/mol. The molecule has 0 aliphatic heterocycles. The number of nitrogens with one attached hydrogen (secondary N) is 2. The second kappa shape index (κ2) is 8.41. The Balaban J connectivity index is 1.64. The fourth-order valence-corrected chi connectivity index (χ4v) is 2.69. The number of benzene rings is 2. The number of aromatic carboxylic acids is 1. The highest BCUT2D eigenvalue weighted by Gasteiger charge is 2.18. The van der Waals surface area contributed by atoms with Crippen molar-refractivity contribution in [3.05, 3.63) is 77.0 Å². The molecule has 0 atom stereocenters. The molecule has 1 heterocycles. The number of carbonyl (C=O) groups is 3. The minimum atomic E-state index is -1.27. The first-order valence-electron chi connectivity index (χ1n) is 8.19. The number of halogens is 1. The zero-order chi connectivity index (χ0) is 20.1. The third kappa shape index (κ3) is 4.57. The number of hydrogen-bond acceptors (Lipinski definition) is 4. The number of carbonyl (C=O) groups excluding carboxylic acids is 2. The van der Waals surface area contributed by atoms with E-state index in [1.54, 1.807) is 18.4 Å². The van der Waals surface area contributed by atoms with Crippen molar-refractivity contribution in [1.82, 2.24) is 5.32 Å². The van der Waals surface area contributed by atoms with Gasteiger partial charge in [-0.2, -0.15) is 0 Å². The Labute approximate surface area is 164 Å². The van der Waals surface area contributed by atoms with E-state index < -0.39 is 17.8 Å². The van der Waals surface area contributed by atoms with Crippen LogP contribution in [0.1, 0.15) is 15.9 Å². The van der Waals surface area contributed by atoms with Gasteiger partial charge in [0.05, 0.1) is 17.5 Å². The zero-order valence-electron chi connectivity index (χ0n) is 14.4. The van der Waals surface area contributed by atoms with E-state index in [0.29, 0.717) is 5.76 Å². The van der Waals surface area contributed by atoms with Crippen LogP contribution in [0.3, 0.4) is 0 Å². The molecule has 0 bridgehead atoms. The molecular formula is C20H15ClN2O5. The van der Waals surface area contributed by atoms with Gasteiger partial charge in [0, 0.05) is 17.1 Å². The third-order valence-corrected chi connectivity index (χ3v) is 4.09. The molecule has 0 unspecified atom stereocenters. The molecular weight excluding hydrogens is 384 g/mol. The monoisotopic (exact) mass is 398 g/mol. The summed E-state index contributed by atoms with van der Waals surface area (Å²) in [6.07, 6.45) is 1.57. The first kappa shape index (κ1) is 19.2. The van der Waals surface area contributed by atoms with Gasteiger partial charge in [-0.3, -0.25) is 9.59 Å². The maximum absolute atomic E-state index is 12.1. The van der Waals surface area contributed by atoms with Crippen molar-refractivity contribution in [2.24, 2.45) is 0 Å². The summed E-state index contributed by atoms with van der Waals surface area (Å²) in [7, 11) is 0. The maximum Gasteiger partial charge on any atom is 0.337 e. The van der Waals surface area contributed by atoms with E-state index in [2.05, 4.69) is 10.6 Å². The summed E-state index contributed by atoms with van der Waals surface area (Å²) >= 11 is 5.77. The van der Waals surface area contributed by atoms with Gasteiger partial charge in [0.2, 0.25) is 0 Å². The fraction of sp³-hybridized carbons (Fsp3) is 0.0500. The van der Waals surface area contributed by atoms with Crippen LogP contribution in [-0.2, 0) is 16.1 Å². The van der Waals surface area contributed by atoms with Crippen LogP contribution in [0.15, 0.2) is 65.3 Å². The second-order valence-corrected chi connectivity index (χ2v) is 6.25. The summed E-state index contributed by atoms with van der Waals surface area (Å²) in [5, 5.41) is 14.2. The van der Waals surface area contributed by atoms with Crippen molar-refractivity contribution in [1.29, 1.82) is 0 Å². The average molecular weight is 399 g/mol. The minimum absolute atomic E-state index is 0.0168. The van der Waals surface area contributed by atoms with E-state index in [4.69, 9.17) is 16.0 Å². The SMILES string of the molecule is O=C(NCc1cccc(-c2ccco2)c1)C(=O)Nc1ccc(Cl)cc1C(=O)O. The lowest BCUT2D eigenvalue weighted by Crippen LogP contribution is -2.35. The van der Waals surface area contributed by atoms with Crippen LogP contribution in [0.4, 0.5) is 5.69 Å². The molecule has 3 N–H and O–H groups in total. The lowest BCUT2D eigenvalue weighted by atomic mass is 10.1. The van der Waals surface area contributed by atoms with Crippen LogP contribution in [0.2, 0.25) is 5.02 Å².